The van der Waals surface area contributed by atoms with Gasteiger partial charge in [0.15, 0.2) is 0 Å². The minimum atomic E-state index is -0.215. The molecule has 4 heterocycles. The highest BCUT2D eigenvalue weighted by atomic mass is 15.2. The minimum Gasteiger partial charge on any atom is -0.356 e. The molecule has 6 heteroatoms. The highest BCUT2D eigenvalue weighted by Crippen LogP contribution is 2.51. The number of benzene rings is 17. The molecule has 17 aromatic carbocycles. The summed E-state index contributed by atoms with van der Waals surface area (Å²) in [6.07, 6.45) is 0. The van der Waals surface area contributed by atoms with E-state index in [2.05, 4.69) is 347 Å². The molecule has 4 aliphatic rings. The Hall–Kier alpha value is -11.6. The van der Waals surface area contributed by atoms with E-state index in [1.807, 2.05) is 0 Å². The number of para-hydroxylation sites is 2. The molecule has 0 unspecified atom stereocenters. The number of nitrogens with zero attached hydrogens (tertiary/aromatic N) is 3. The smallest absolute Gasteiger partial charge is 0.252 e. The van der Waals surface area contributed by atoms with Gasteiger partial charge in [0.1, 0.15) is 0 Å². The molecule has 0 saturated carbocycles. The number of rotatable bonds is 3. The molecule has 0 spiro atoms. The summed E-state index contributed by atoms with van der Waals surface area (Å²) in [6.45, 7) is 14.0. The van der Waals surface area contributed by atoms with E-state index in [4.69, 9.17) is 0 Å². The predicted molar refractivity (Wildman–Crippen MR) is 424 cm³/mol. The second-order valence-electron chi connectivity index (χ2n) is 30.0. The van der Waals surface area contributed by atoms with Gasteiger partial charge in [-0.1, -0.05) is 248 Å². The van der Waals surface area contributed by atoms with Gasteiger partial charge in [0, 0.05) is 62.6 Å². The van der Waals surface area contributed by atoms with Crippen molar-refractivity contribution in [2.45, 2.75) is 52.4 Å². The molecule has 1 N–H and O–H groups in total. The van der Waals surface area contributed by atoms with Gasteiger partial charge in [-0.3, -0.25) is 0 Å². The highest BCUT2D eigenvalue weighted by molar-refractivity contribution is 7.03. The zero-order valence-electron chi connectivity index (χ0n) is 55.6. The Balaban J connectivity index is 0.838. The molecular weight excluding hydrogens is 1180 g/mol. The largest absolute Gasteiger partial charge is 0.356 e. The quantitative estimate of drug-likeness (QED) is 0.141. The van der Waals surface area contributed by atoms with Crippen molar-refractivity contribution < 1.29 is 0 Å². The molecule has 0 bridgehead atoms. The molecule has 21 rings (SSSR count). The van der Waals surface area contributed by atoms with E-state index in [0.29, 0.717) is 0 Å². The minimum absolute atomic E-state index is 0.0926. The van der Waals surface area contributed by atoms with E-state index in [-0.39, 0.29) is 24.3 Å². The fraction of sp³-hybridized carbons (Fsp3) is 0.0870. The van der Waals surface area contributed by atoms with Crippen molar-refractivity contribution in [3.63, 3.8) is 0 Å². The van der Waals surface area contributed by atoms with Crippen LogP contribution < -0.4 is 52.8 Å². The third-order valence-corrected chi connectivity index (χ3v) is 22.6. The van der Waals surface area contributed by atoms with Crippen molar-refractivity contribution in [3.05, 3.63) is 296 Å². The number of anilines is 11. The first-order valence-electron chi connectivity index (χ1n) is 34.8. The van der Waals surface area contributed by atoms with Gasteiger partial charge in [-0.2, -0.15) is 0 Å². The molecule has 460 valence electrons. The van der Waals surface area contributed by atoms with Crippen LogP contribution in [0.25, 0.3) is 97.0 Å². The highest BCUT2D eigenvalue weighted by Gasteiger charge is 2.48. The van der Waals surface area contributed by atoms with Crippen LogP contribution in [-0.2, 0) is 10.8 Å². The van der Waals surface area contributed by atoms with Crippen LogP contribution in [0.3, 0.4) is 0 Å². The lowest BCUT2D eigenvalue weighted by atomic mass is 9.30. The Morgan fingerprint density at radius 1 is 0.224 bits per heavy atom. The molecule has 0 fully saturated rings. The molecule has 0 saturated heterocycles. The van der Waals surface area contributed by atoms with Crippen molar-refractivity contribution in [1.29, 1.82) is 0 Å². The third-order valence-electron chi connectivity index (χ3n) is 22.6. The van der Waals surface area contributed by atoms with Gasteiger partial charge in [-0.15, -0.1) is 0 Å². The second-order valence-corrected chi connectivity index (χ2v) is 30.0. The molecule has 0 aliphatic carbocycles. The topological polar surface area (TPSA) is 21.8 Å². The first-order valence-corrected chi connectivity index (χ1v) is 34.8. The van der Waals surface area contributed by atoms with Crippen LogP contribution in [0, 0.1) is 0 Å². The maximum atomic E-state index is 4.31. The van der Waals surface area contributed by atoms with Crippen molar-refractivity contribution in [3.8, 4) is 0 Å². The first kappa shape index (κ1) is 55.7. The van der Waals surface area contributed by atoms with Gasteiger partial charge in [0.05, 0.1) is 0 Å². The summed E-state index contributed by atoms with van der Waals surface area (Å²) < 4.78 is 0. The van der Waals surface area contributed by atoms with Gasteiger partial charge < -0.3 is 20.0 Å². The molecule has 4 nitrogen and oxygen atoms in total. The molecule has 0 amide bonds. The molecule has 98 heavy (non-hydrogen) atoms. The van der Waals surface area contributed by atoms with Crippen LogP contribution in [0.15, 0.2) is 285 Å². The number of hydrogen-bond donors (Lipinski definition) is 1. The summed E-state index contributed by atoms with van der Waals surface area (Å²) in [4.78, 5) is 7.86. The lowest BCUT2D eigenvalue weighted by Crippen LogP contribution is -2.64. The van der Waals surface area contributed by atoms with Crippen molar-refractivity contribution in [2.75, 3.05) is 20.0 Å². The SMILES string of the molecule is CC(C)(C)c1cc2c3c(c1)N(c1ccc4c5ccccc5c5ccccc5c4c1)c1ccccc1B3c1cc3c(cc1N2)N(c1ccc2c4ccccc4c4ccccc4c2c1)c1cc(C(C)(C)C)cc2c1B3c1ccccc1N2c1ccc2c3ccccc3c3ccccc3c2c1. The summed E-state index contributed by atoms with van der Waals surface area (Å²) in [5, 5.41) is 27.1. The van der Waals surface area contributed by atoms with Crippen LogP contribution in [-0.4, -0.2) is 13.4 Å². The van der Waals surface area contributed by atoms with E-state index in [9.17, 15) is 0 Å². The maximum absolute atomic E-state index is 4.31. The van der Waals surface area contributed by atoms with Crippen LogP contribution >= 0.6 is 0 Å². The summed E-state index contributed by atoms with van der Waals surface area (Å²) >= 11 is 0. The standard InChI is InChI=1S/C92H66B2N4/c1-91(2,3)54-45-82-89-86(46-54)96(56-39-42-71-65-29-10-7-23-59(65)62-26-13-16-32-68(62)74(71)49-56)83-37-21-19-35-77(83)93(89)79-52-80-85(53-81(79)95-82)98(58-41-44-73-67-31-12-9-25-61(67)64-28-15-18-34-70(64)76(73)51-58)88-48-55(92(4,5)6)47-87-90(88)94(80)78-36-20-22-38-84(78)97(87)57-40-43-72-66-30-11-8-24-60(66)63-27-14-17-33-69(63)75(72)50-57/h7-53,95H,1-6H3. The third kappa shape index (κ3) is 7.74. The zero-order valence-corrected chi connectivity index (χ0v) is 55.6. The maximum Gasteiger partial charge on any atom is 0.252 e. The van der Waals surface area contributed by atoms with Gasteiger partial charge in [0.25, 0.3) is 13.4 Å². The molecular formula is C92H66B2N4. The van der Waals surface area contributed by atoms with Gasteiger partial charge in [0.2, 0.25) is 0 Å². The number of nitrogens with one attached hydrogen (secondary N) is 1. The van der Waals surface area contributed by atoms with E-state index < -0.39 is 0 Å². The Bertz CT molecular complexity index is 6320. The predicted octanol–water partition coefficient (Wildman–Crippen LogP) is 21.1. The van der Waals surface area contributed by atoms with Crippen molar-refractivity contribution >= 4 is 206 Å². The van der Waals surface area contributed by atoms with Gasteiger partial charge in [-0.25, -0.2) is 0 Å². The molecule has 0 radical (unpaired) electrons. The van der Waals surface area contributed by atoms with Crippen molar-refractivity contribution in [2.24, 2.45) is 0 Å². The second kappa shape index (κ2) is 20.0. The van der Waals surface area contributed by atoms with E-state index in [0.717, 1.165) is 28.4 Å². The average molecular weight is 1250 g/mol. The van der Waals surface area contributed by atoms with Crippen LogP contribution in [0.5, 0.6) is 0 Å². The molecule has 4 aliphatic heterocycles. The fourth-order valence-corrected chi connectivity index (χ4v) is 18.1. The molecule has 0 atom stereocenters. The van der Waals surface area contributed by atoms with Crippen LogP contribution in [0.4, 0.5) is 62.6 Å². The number of hydrogen-bond acceptors (Lipinski definition) is 4. The van der Waals surface area contributed by atoms with Gasteiger partial charge >= 0.3 is 0 Å². The Kier molecular flexibility index (Phi) is 11.4. The summed E-state index contributed by atoms with van der Waals surface area (Å²) in [5.41, 5.74) is 22.9. The number of fused-ring (bicyclic) bond motifs is 26. The Morgan fingerprint density at radius 2 is 0.520 bits per heavy atom. The van der Waals surface area contributed by atoms with E-state index >= 15 is 0 Å². The summed E-state index contributed by atoms with van der Waals surface area (Å²) in [6, 6.07) is 110. The van der Waals surface area contributed by atoms with E-state index in [1.54, 1.807) is 0 Å². The average Bonchev–Trinajstić information content (AvgIpc) is 0.687. The summed E-state index contributed by atoms with van der Waals surface area (Å²) in [5.74, 6) is 0. The van der Waals surface area contributed by atoms with Crippen molar-refractivity contribution in [1.82, 2.24) is 0 Å². The van der Waals surface area contributed by atoms with Crippen LogP contribution in [0.2, 0.25) is 0 Å². The Morgan fingerprint density at radius 3 is 0.888 bits per heavy atom. The van der Waals surface area contributed by atoms with Gasteiger partial charge in [-0.05, 0) is 231 Å². The monoisotopic (exact) mass is 1250 g/mol. The fourth-order valence-electron chi connectivity index (χ4n) is 18.1. The lowest BCUT2D eigenvalue weighted by molar-refractivity contribution is 0.590. The molecule has 17 aromatic rings. The Labute approximate surface area is 570 Å². The van der Waals surface area contributed by atoms with Crippen LogP contribution in [0.1, 0.15) is 52.7 Å². The molecule has 0 aromatic heterocycles. The normalized spacial score (nSPS) is 13.8. The van der Waals surface area contributed by atoms with E-state index in [1.165, 1.54) is 175 Å². The zero-order chi connectivity index (χ0) is 65.2. The summed E-state index contributed by atoms with van der Waals surface area (Å²) in [7, 11) is 0. The lowest BCUT2D eigenvalue weighted by Gasteiger charge is -2.46. The first-order chi connectivity index (χ1) is 47.9.